The zero-order valence-corrected chi connectivity index (χ0v) is 16.6. The van der Waals surface area contributed by atoms with Gasteiger partial charge in [-0.3, -0.25) is 10.1 Å². The second kappa shape index (κ2) is 7.86. The first kappa shape index (κ1) is 19.6. The minimum absolute atomic E-state index is 0.197. The van der Waals surface area contributed by atoms with Crippen LogP contribution in [0.4, 0.5) is 16.3 Å². The molecule has 0 fully saturated rings. The Kier molecular flexibility index (Phi) is 5.51. The normalized spacial score (nSPS) is 11.1. The average Bonchev–Trinajstić information content (AvgIpc) is 3.08. The third kappa shape index (κ3) is 4.58. The summed E-state index contributed by atoms with van der Waals surface area (Å²) in [4.78, 5) is 23.4. The second-order valence-electron chi connectivity index (χ2n) is 7.37. The summed E-state index contributed by atoms with van der Waals surface area (Å²) in [5.74, 6) is 0.523. The van der Waals surface area contributed by atoms with Gasteiger partial charge in [0.05, 0.1) is 11.4 Å². The van der Waals surface area contributed by atoms with Crippen LogP contribution in [-0.2, 0) is 5.41 Å². The SMILES string of the molecule is CC(C)(C)c1cc(NC(=O)Nc2ccc(Cl)cc2)n(-c2ccc(C=O)cc2)n1. The van der Waals surface area contributed by atoms with E-state index in [0.29, 0.717) is 22.1 Å². The predicted octanol–water partition coefficient (Wildman–Crippen LogP) is 5.28. The molecule has 0 radical (unpaired) electrons. The van der Waals surface area contributed by atoms with Crippen molar-refractivity contribution in [2.45, 2.75) is 26.2 Å². The molecule has 0 spiro atoms. The van der Waals surface area contributed by atoms with Crippen molar-refractivity contribution >= 4 is 35.4 Å². The lowest BCUT2D eigenvalue weighted by molar-refractivity contribution is 0.112. The number of carbonyl (C=O) groups is 2. The number of hydrogen-bond acceptors (Lipinski definition) is 3. The molecule has 3 rings (SSSR count). The molecule has 7 heteroatoms. The highest BCUT2D eigenvalue weighted by molar-refractivity contribution is 6.30. The lowest BCUT2D eigenvalue weighted by atomic mass is 9.92. The molecule has 2 aromatic carbocycles. The summed E-state index contributed by atoms with van der Waals surface area (Å²) < 4.78 is 1.65. The van der Waals surface area contributed by atoms with Gasteiger partial charge >= 0.3 is 6.03 Å². The molecule has 1 heterocycles. The van der Waals surface area contributed by atoms with E-state index in [1.807, 2.05) is 26.8 Å². The van der Waals surface area contributed by atoms with Crippen molar-refractivity contribution in [3.05, 3.63) is 70.9 Å². The van der Waals surface area contributed by atoms with E-state index in [2.05, 4.69) is 15.7 Å². The van der Waals surface area contributed by atoms with Gasteiger partial charge in [0.1, 0.15) is 12.1 Å². The number of nitrogens with one attached hydrogen (secondary N) is 2. The summed E-state index contributed by atoms with van der Waals surface area (Å²) in [6.45, 7) is 6.15. The number of rotatable bonds is 4. The Morgan fingerprint density at radius 1 is 1.04 bits per heavy atom. The summed E-state index contributed by atoms with van der Waals surface area (Å²) in [5, 5.41) is 10.8. The predicted molar refractivity (Wildman–Crippen MR) is 112 cm³/mol. The third-order valence-electron chi connectivity index (χ3n) is 4.10. The van der Waals surface area contributed by atoms with Crippen LogP contribution in [0.5, 0.6) is 0 Å². The number of nitrogens with zero attached hydrogens (tertiary/aromatic N) is 2. The number of halogens is 1. The van der Waals surface area contributed by atoms with Gasteiger partial charge in [-0.15, -0.1) is 0 Å². The van der Waals surface area contributed by atoms with Crippen LogP contribution in [0.3, 0.4) is 0 Å². The Labute approximate surface area is 168 Å². The van der Waals surface area contributed by atoms with E-state index in [1.54, 1.807) is 53.2 Å². The molecule has 144 valence electrons. The number of aromatic nitrogens is 2. The third-order valence-corrected chi connectivity index (χ3v) is 4.35. The van der Waals surface area contributed by atoms with Crippen LogP contribution in [0, 0.1) is 0 Å². The summed E-state index contributed by atoms with van der Waals surface area (Å²) in [5.41, 5.74) is 2.56. The molecule has 0 aliphatic heterocycles. The van der Waals surface area contributed by atoms with Gasteiger partial charge in [0, 0.05) is 27.8 Å². The molecule has 0 unspecified atom stereocenters. The number of hydrogen-bond donors (Lipinski definition) is 2. The Morgan fingerprint density at radius 2 is 1.68 bits per heavy atom. The topological polar surface area (TPSA) is 76.0 Å². The van der Waals surface area contributed by atoms with E-state index in [-0.39, 0.29) is 5.41 Å². The molecule has 28 heavy (non-hydrogen) atoms. The highest BCUT2D eigenvalue weighted by atomic mass is 35.5. The second-order valence-corrected chi connectivity index (χ2v) is 7.81. The number of aldehydes is 1. The fraction of sp³-hybridized carbons (Fsp3) is 0.190. The zero-order chi connectivity index (χ0) is 20.3. The molecule has 0 bridgehead atoms. The highest BCUT2D eigenvalue weighted by Crippen LogP contribution is 2.26. The molecule has 0 saturated carbocycles. The van der Waals surface area contributed by atoms with E-state index < -0.39 is 6.03 Å². The molecular weight excluding hydrogens is 376 g/mol. The molecule has 2 amide bonds. The molecule has 0 aliphatic carbocycles. The van der Waals surface area contributed by atoms with Gasteiger partial charge < -0.3 is 5.32 Å². The van der Waals surface area contributed by atoms with Gasteiger partial charge in [0.2, 0.25) is 0 Å². The smallest absolute Gasteiger partial charge is 0.308 e. The van der Waals surface area contributed by atoms with Crippen molar-refractivity contribution in [2.75, 3.05) is 10.6 Å². The minimum Gasteiger partial charge on any atom is -0.308 e. The summed E-state index contributed by atoms with van der Waals surface area (Å²) in [7, 11) is 0. The summed E-state index contributed by atoms with van der Waals surface area (Å²) >= 11 is 5.87. The van der Waals surface area contributed by atoms with Crippen LogP contribution in [0.15, 0.2) is 54.6 Å². The van der Waals surface area contributed by atoms with E-state index in [0.717, 1.165) is 17.7 Å². The Morgan fingerprint density at radius 3 is 2.25 bits per heavy atom. The molecule has 0 atom stereocenters. The van der Waals surface area contributed by atoms with Crippen molar-refractivity contribution in [1.82, 2.24) is 9.78 Å². The van der Waals surface area contributed by atoms with Gasteiger partial charge in [-0.05, 0) is 48.5 Å². The van der Waals surface area contributed by atoms with Crippen LogP contribution in [0.1, 0.15) is 36.8 Å². The average molecular weight is 397 g/mol. The van der Waals surface area contributed by atoms with Crippen molar-refractivity contribution in [1.29, 1.82) is 0 Å². The van der Waals surface area contributed by atoms with Gasteiger partial charge in [0.25, 0.3) is 0 Å². The Balaban J connectivity index is 1.89. The van der Waals surface area contributed by atoms with Crippen LogP contribution in [0.2, 0.25) is 5.02 Å². The molecule has 3 aromatic rings. The first-order valence-corrected chi connectivity index (χ1v) is 9.14. The maximum absolute atomic E-state index is 12.5. The molecule has 6 nitrogen and oxygen atoms in total. The lowest BCUT2D eigenvalue weighted by Crippen LogP contribution is -2.21. The first-order valence-electron chi connectivity index (χ1n) is 8.76. The van der Waals surface area contributed by atoms with Crippen LogP contribution in [-0.4, -0.2) is 22.1 Å². The molecule has 0 saturated heterocycles. The summed E-state index contributed by atoms with van der Waals surface area (Å²) in [6.07, 6.45) is 0.784. The van der Waals surface area contributed by atoms with Gasteiger partial charge in [0.15, 0.2) is 0 Å². The van der Waals surface area contributed by atoms with Crippen LogP contribution >= 0.6 is 11.6 Å². The maximum atomic E-state index is 12.5. The lowest BCUT2D eigenvalue weighted by Gasteiger charge is -2.14. The maximum Gasteiger partial charge on any atom is 0.324 e. The van der Waals surface area contributed by atoms with Crippen molar-refractivity contribution < 1.29 is 9.59 Å². The Bertz CT molecular complexity index is 987. The van der Waals surface area contributed by atoms with Crippen molar-refractivity contribution in [2.24, 2.45) is 0 Å². The molecule has 2 N–H and O–H groups in total. The number of urea groups is 1. The number of amides is 2. The van der Waals surface area contributed by atoms with Crippen molar-refractivity contribution in [3.8, 4) is 5.69 Å². The molecule has 0 aliphatic rings. The largest absolute Gasteiger partial charge is 0.324 e. The number of anilines is 2. The van der Waals surface area contributed by atoms with E-state index in [9.17, 15) is 9.59 Å². The van der Waals surface area contributed by atoms with E-state index in [4.69, 9.17) is 11.6 Å². The number of benzene rings is 2. The van der Waals surface area contributed by atoms with Gasteiger partial charge in [-0.25, -0.2) is 9.48 Å². The highest BCUT2D eigenvalue weighted by Gasteiger charge is 2.21. The first-order chi connectivity index (χ1) is 13.3. The number of carbonyl (C=O) groups excluding carboxylic acids is 2. The standard InChI is InChI=1S/C21H21ClN4O2/c1-21(2,3)18-12-19(24-20(28)23-16-8-6-15(22)7-9-16)26(25-18)17-10-4-14(13-27)5-11-17/h4-13H,1-3H3,(H2,23,24,28). The van der Waals surface area contributed by atoms with Gasteiger partial charge in [-0.2, -0.15) is 5.10 Å². The van der Waals surface area contributed by atoms with Crippen LogP contribution < -0.4 is 10.6 Å². The van der Waals surface area contributed by atoms with E-state index >= 15 is 0 Å². The quantitative estimate of drug-likeness (QED) is 0.589. The fourth-order valence-corrected chi connectivity index (χ4v) is 2.67. The van der Waals surface area contributed by atoms with Gasteiger partial charge in [-0.1, -0.05) is 32.4 Å². The molecule has 1 aromatic heterocycles. The minimum atomic E-state index is -0.395. The monoisotopic (exact) mass is 396 g/mol. The summed E-state index contributed by atoms with van der Waals surface area (Å²) in [6, 6.07) is 15.3. The van der Waals surface area contributed by atoms with Crippen molar-refractivity contribution in [3.63, 3.8) is 0 Å². The fourth-order valence-electron chi connectivity index (χ4n) is 2.54. The zero-order valence-electron chi connectivity index (χ0n) is 15.9. The Hall–Kier alpha value is -3.12. The van der Waals surface area contributed by atoms with E-state index in [1.165, 1.54) is 0 Å². The molecular formula is C21H21ClN4O2. The van der Waals surface area contributed by atoms with Crippen LogP contribution in [0.25, 0.3) is 5.69 Å².